The molecule has 0 N–H and O–H groups in total. The zero-order chi connectivity index (χ0) is 22.7. The molecule has 7 nitrogen and oxygen atoms in total. The molecule has 0 atom stereocenters. The Bertz CT molecular complexity index is 1130. The molecule has 0 bridgehead atoms. The van der Waals surface area contributed by atoms with Gasteiger partial charge in [-0.05, 0) is 50.2 Å². The molecule has 0 saturated heterocycles. The molecule has 0 radical (unpaired) electrons. The van der Waals surface area contributed by atoms with E-state index in [0.717, 1.165) is 34.4 Å². The lowest BCUT2D eigenvalue weighted by atomic mass is 10.1. The molecule has 0 unspecified atom stereocenters. The second kappa shape index (κ2) is 11.0. The zero-order valence-corrected chi connectivity index (χ0v) is 20.8. The Kier molecular flexibility index (Phi) is 8.98. The molecule has 1 aromatic heterocycles. The Hall–Kier alpha value is -2.26. The van der Waals surface area contributed by atoms with Crippen molar-refractivity contribution in [2.24, 2.45) is 0 Å². The van der Waals surface area contributed by atoms with Crippen molar-refractivity contribution in [3.05, 3.63) is 62.2 Å². The third-order valence-electron chi connectivity index (χ3n) is 5.47. The molecule has 10 heteroatoms. The predicted octanol–water partition coefficient (Wildman–Crippen LogP) is 5.89. The summed E-state index contributed by atoms with van der Waals surface area (Å²) in [5.41, 5.74) is 3.00. The number of carbonyl (C=O) groups is 1. The number of hydrogen-bond donors (Lipinski definition) is 0. The van der Waals surface area contributed by atoms with Crippen LogP contribution in [0.25, 0.3) is 10.2 Å². The lowest BCUT2D eigenvalue weighted by Gasteiger charge is -2.25. The van der Waals surface area contributed by atoms with E-state index in [2.05, 4.69) is 18.7 Å². The molecule has 0 aliphatic heterocycles. The van der Waals surface area contributed by atoms with Crippen LogP contribution in [0.15, 0.2) is 30.3 Å². The third-order valence-corrected chi connectivity index (χ3v) is 6.85. The molecule has 1 heterocycles. The smallest absolute Gasteiger partial charge is 0.270 e. The van der Waals surface area contributed by atoms with Gasteiger partial charge in [-0.3, -0.25) is 19.8 Å². The van der Waals surface area contributed by atoms with Gasteiger partial charge in [-0.1, -0.05) is 42.9 Å². The van der Waals surface area contributed by atoms with E-state index in [-0.39, 0.29) is 28.7 Å². The minimum absolute atomic E-state index is 0. The second-order valence-electron chi connectivity index (χ2n) is 7.26. The predicted molar refractivity (Wildman–Crippen MR) is 134 cm³/mol. The van der Waals surface area contributed by atoms with E-state index in [1.165, 1.54) is 29.5 Å². The average Bonchev–Trinajstić information content (AvgIpc) is 3.18. The Balaban J connectivity index is 0.00000363. The molecular formula is C22H26Cl2N4O3S. The number of nitro groups is 1. The number of likely N-dealkylation sites (N-methyl/N-ethyl adjacent to an activating group) is 1. The van der Waals surface area contributed by atoms with Crippen LogP contribution >= 0.6 is 35.3 Å². The van der Waals surface area contributed by atoms with Gasteiger partial charge in [0.25, 0.3) is 11.6 Å². The van der Waals surface area contributed by atoms with Gasteiger partial charge in [0.2, 0.25) is 0 Å². The fraction of sp³-hybridized carbons (Fsp3) is 0.364. The minimum atomic E-state index is -0.531. The summed E-state index contributed by atoms with van der Waals surface area (Å²) in [4.78, 5) is 32.8. The van der Waals surface area contributed by atoms with Crippen LogP contribution in [0, 0.1) is 24.0 Å². The highest BCUT2D eigenvalue weighted by Crippen LogP contribution is 2.33. The maximum absolute atomic E-state index is 13.5. The van der Waals surface area contributed by atoms with Crippen LogP contribution in [0.4, 0.5) is 10.8 Å². The lowest BCUT2D eigenvalue weighted by molar-refractivity contribution is -0.384. The van der Waals surface area contributed by atoms with Gasteiger partial charge in [0.05, 0.1) is 25.7 Å². The molecular weight excluding hydrogens is 471 g/mol. The van der Waals surface area contributed by atoms with Gasteiger partial charge in [0, 0.05) is 25.2 Å². The molecule has 172 valence electrons. The minimum Gasteiger partial charge on any atom is -0.302 e. The number of aromatic nitrogens is 1. The van der Waals surface area contributed by atoms with Gasteiger partial charge in [-0.2, -0.15) is 0 Å². The standard InChI is InChI=1S/C22H25ClN4O3S.ClH/c1-5-25(6-2)11-12-26(21(28)17-13-16(27(29)30)8-9-18(17)23)22-24-20-15(4)14(3)7-10-19(20)31-22;/h7-10,13H,5-6,11-12H2,1-4H3;1H. The normalized spacial score (nSPS) is 10.9. The SMILES string of the molecule is CCN(CC)CCN(C(=O)c1cc([N+](=O)[O-])ccc1Cl)c1nc2c(C)c(C)ccc2s1.Cl. The number of halogens is 2. The summed E-state index contributed by atoms with van der Waals surface area (Å²) in [7, 11) is 0. The molecule has 0 aliphatic rings. The van der Waals surface area contributed by atoms with Crippen molar-refractivity contribution < 1.29 is 9.72 Å². The number of carbonyl (C=O) groups excluding carboxylic acids is 1. The van der Waals surface area contributed by atoms with Crippen LogP contribution in [0.2, 0.25) is 5.02 Å². The number of benzene rings is 2. The maximum Gasteiger partial charge on any atom is 0.270 e. The van der Waals surface area contributed by atoms with Gasteiger partial charge < -0.3 is 4.90 Å². The van der Waals surface area contributed by atoms with Gasteiger partial charge in [0.15, 0.2) is 5.13 Å². The Morgan fingerprint density at radius 1 is 1.16 bits per heavy atom. The number of rotatable bonds is 8. The van der Waals surface area contributed by atoms with E-state index < -0.39 is 10.8 Å². The topological polar surface area (TPSA) is 79.6 Å². The number of anilines is 1. The molecule has 2 aromatic carbocycles. The number of thiazole rings is 1. The summed E-state index contributed by atoms with van der Waals surface area (Å²) >= 11 is 7.70. The van der Waals surface area contributed by atoms with E-state index >= 15 is 0 Å². The third kappa shape index (κ3) is 5.38. The summed E-state index contributed by atoms with van der Waals surface area (Å²) in [6.45, 7) is 10.9. The number of hydrogen-bond acceptors (Lipinski definition) is 6. The monoisotopic (exact) mass is 496 g/mol. The van der Waals surface area contributed by atoms with Crippen molar-refractivity contribution in [3.63, 3.8) is 0 Å². The van der Waals surface area contributed by atoms with Crippen LogP contribution < -0.4 is 4.90 Å². The Morgan fingerprint density at radius 3 is 2.47 bits per heavy atom. The average molecular weight is 497 g/mol. The van der Waals surface area contributed by atoms with Crippen LogP contribution in [0.3, 0.4) is 0 Å². The summed E-state index contributed by atoms with van der Waals surface area (Å²) in [6, 6.07) is 7.97. The Morgan fingerprint density at radius 2 is 1.84 bits per heavy atom. The van der Waals surface area contributed by atoms with Crippen LogP contribution in [0.5, 0.6) is 0 Å². The Labute approximate surface area is 202 Å². The summed E-state index contributed by atoms with van der Waals surface area (Å²) in [6.07, 6.45) is 0. The van der Waals surface area contributed by atoms with Crippen molar-refractivity contribution in [1.29, 1.82) is 0 Å². The van der Waals surface area contributed by atoms with Crippen LogP contribution in [-0.2, 0) is 0 Å². The molecule has 0 aliphatic carbocycles. The first-order valence-corrected chi connectivity index (χ1v) is 11.3. The molecule has 0 fully saturated rings. The van der Waals surface area contributed by atoms with Gasteiger partial charge in [-0.15, -0.1) is 12.4 Å². The number of nitrogens with zero attached hydrogens (tertiary/aromatic N) is 4. The highest BCUT2D eigenvalue weighted by molar-refractivity contribution is 7.22. The van der Waals surface area contributed by atoms with Crippen LogP contribution in [-0.4, -0.2) is 46.9 Å². The van der Waals surface area contributed by atoms with E-state index in [0.29, 0.717) is 18.2 Å². The highest BCUT2D eigenvalue weighted by Gasteiger charge is 2.26. The van der Waals surface area contributed by atoms with Crippen molar-refractivity contribution in [2.45, 2.75) is 27.7 Å². The van der Waals surface area contributed by atoms with Crippen molar-refractivity contribution in [1.82, 2.24) is 9.88 Å². The maximum atomic E-state index is 13.5. The number of aryl methyl sites for hydroxylation is 2. The molecule has 32 heavy (non-hydrogen) atoms. The van der Waals surface area contributed by atoms with Gasteiger partial charge in [-0.25, -0.2) is 4.98 Å². The van der Waals surface area contributed by atoms with Gasteiger partial charge in [0.1, 0.15) is 0 Å². The highest BCUT2D eigenvalue weighted by atomic mass is 35.5. The summed E-state index contributed by atoms with van der Waals surface area (Å²) < 4.78 is 0.990. The fourth-order valence-electron chi connectivity index (χ4n) is 3.33. The molecule has 0 saturated carbocycles. The quantitative estimate of drug-likeness (QED) is 0.287. The first-order chi connectivity index (χ1) is 14.8. The molecule has 3 aromatic rings. The second-order valence-corrected chi connectivity index (χ2v) is 8.67. The van der Waals surface area contributed by atoms with Gasteiger partial charge >= 0.3 is 0 Å². The largest absolute Gasteiger partial charge is 0.302 e. The molecule has 1 amide bonds. The fourth-order valence-corrected chi connectivity index (χ4v) is 4.58. The van der Waals surface area contributed by atoms with E-state index in [4.69, 9.17) is 16.6 Å². The number of fused-ring (bicyclic) bond motifs is 1. The van der Waals surface area contributed by atoms with Crippen LogP contribution in [0.1, 0.15) is 35.3 Å². The van der Waals surface area contributed by atoms with E-state index in [9.17, 15) is 14.9 Å². The summed E-state index contributed by atoms with van der Waals surface area (Å²) in [5, 5.41) is 12.0. The van der Waals surface area contributed by atoms with Crippen molar-refractivity contribution in [3.8, 4) is 0 Å². The van der Waals surface area contributed by atoms with Crippen molar-refractivity contribution in [2.75, 3.05) is 31.1 Å². The van der Waals surface area contributed by atoms with E-state index in [1.807, 2.05) is 26.0 Å². The van der Waals surface area contributed by atoms with Crippen molar-refractivity contribution >= 4 is 62.3 Å². The molecule has 0 spiro atoms. The zero-order valence-electron chi connectivity index (χ0n) is 18.4. The van der Waals surface area contributed by atoms with E-state index in [1.54, 1.807) is 4.90 Å². The first-order valence-electron chi connectivity index (χ1n) is 10.1. The molecule has 3 rings (SSSR count). The number of nitro benzene ring substituents is 1. The number of amides is 1. The first kappa shape index (κ1) is 26.0. The number of non-ortho nitro benzene ring substituents is 1. The lowest BCUT2D eigenvalue weighted by Crippen LogP contribution is -2.39. The summed E-state index contributed by atoms with van der Waals surface area (Å²) in [5.74, 6) is -0.394.